The van der Waals surface area contributed by atoms with Crippen LogP contribution < -0.4 is 0 Å². The summed E-state index contributed by atoms with van der Waals surface area (Å²) in [7, 11) is 4.40. The molecule has 0 saturated carbocycles. The molecule has 0 radical (unpaired) electrons. The van der Waals surface area contributed by atoms with E-state index in [0.717, 1.165) is 0 Å². The van der Waals surface area contributed by atoms with E-state index in [-0.39, 0.29) is 6.61 Å². The smallest absolute Gasteiger partial charge is 0.333 e. The van der Waals surface area contributed by atoms with Gasteiger partial charge in [0.1, 0.15) is 21.3 Å². The molecular formula is C10H20NO5+. The third-order valence-corrected chi connectivity index (χ3v) is 1.99. The van der Waals surface area contributed by atoms with E-state index in [9.17, 15) is 4.79 Å². The van der Waals surface area contributed by atoms with Gasteiger partial charge < -0.3 is 4.74 Å². The largest absolute Gasteiger partial charge is 0.462 e. The molecule has 0 aliphatic rings. The van der Waals surface area contributed by atoms with E-state index in [1.54, 1.807) is 6.92 Å². The fourth-order valence-electron chi connectivity index (χ4n) is 1.04. The molecule has 0 saturated heterocycles. The summed E-state index contributed by atoms with van der Waals surface area (Å²) in [5.41, 5.74) is 0.381. The number of carbonyl (C=O) groups is 1. The van der Waals surface area contributed by atoms with Crippen molar-refractivity contribution in [1.29, 1.82) is 0 Å². The Hall–Kier alpha value is -0.950. The number of quaternary nitrogens is 1. The third-order valence-electron chi connectivity index (χ3n) is 1.99. The van der Waals surface area contributed by atoms with Crippen LogP contribution in [0.4, 0.5) is 0 Å². The molecule has 0 amide bonds. The second kappa shape index (κ2) is 7.34. The highest BCUT2D eigenvalue weighted by Gasteiger charge is 2.29. The molecule has 0 aromatic rings. The van der Waals surface area contributed by atoms with Gasteiger partial charge in [-0.15, -0.1) is 14.5 Å². The fraction of sp³-hybridized carbons (Fsp3) is 0.700. The Morgan fingerprint density at radius 1 is 1.19 bits per heavy atom. The van der Waals surface area contributed by atoms with Crippen molar-refractivity contribution in [3.05, 3.63) is 12.2 Å². The number of hydrogen-bond acceptors (Lipinski definition) is 5. The first-order valence-electron chi connectivity index (χ1n) is 4.89. The lowest BCUT2D eigenvalue weighted by Gasteiger charge is -2.24. The van der Waals surface area contributed by atoms with Crippen molar-refractivity contribution in [3.63, 3.8) is 0 Å². The number of carbonyl (C=O) groups excluding carboxylic acids is 1. The predicted molar refractivity (Wildman–Crippen MR) is 56.5 cm³/mol. The second-order valence-electron chi connectivity index (χ2n) is 3.15. The summed E-state index contributed by atoms with van der Waals surface area (Å²) in [5, 5.41) is 0. The number of hydrogen-bond donors (Lipinski definition) is 0. The van der Waals surface area contributed by atoms with Crippen LogP contribution in [0.25, 0.3) is 0 Å². The molecule has 0 rings (SSSR count). The highest BCUT2D eigenvalue weighted by atomic mass is 17.2. The average molecular weight is 234 g/mol. The molecule has 6 nitrogen and oxygen atoms in total. The van der Waals surface area contributed by atoms with Crippen LogP contribution in [0, 0.1) is 0 Å². The van der Waals surface area contributed by atoms with Gasteiger partial charge in [0.05, 0.1) is 11.6 Å². The molecule has 0 atom stereocenters. The van der Waals surface area contributed by atoms with Gasteiger partial charge in [-0.05, 0) is 6.92 Å². The summed E-state index contributed by atoms with van der Waals surface area (Å²) in [6.45, 7) is 5.75. The Morgan fingerprint density at radius 3 is 2.06 bits per heavy atom. The van der Waals surface area contributed by atoms with Crippen LogP contribution in [0.15, 0.2) is 12.2 Å². The van der Waals surface area contributed by atoms with Crippen molar-refractivity contribution in [2.75, 3.05) is 34.5 Å². The number of ether oxygens (including phenoxy) is 1. The first kappa shape index (κ1) is 15.0. The van der Waals surface area contributed by atoms with Crippen molar-refractivity contribution in [2.24, 2.45) is 0 Å². The second-order valence-corrected chi connectivity index (χ2v) is 3.15. The molecule has 16 heavy (non-hydrogen) atoms. The Labute approximate surface area is 95.8 Å². The van der Waals surface area contributed by atoms with E-state index in [4.69, 9.17) is 19.2 Å². The normalized spacial score (nSPS) is 11.2. The summed E-state index contributed by atoms with van der Waals surface area (Å²) in [5.74, 6) is -0.398. The first-order valence-corrected chi connectivity index (χ1v) is 4.89. The molecule has 0 aliphatic heterocycles. The molecule has 0 unspecified atom stereocenters. The maximum atomic E-state index is 11.1. The number of hydroxylamine groups is 3. The van der Waals surface area contributed by atoms with Crippen LogP contribution in [0.2, 0.25) is 0 Å². The summed E-state index contributed by atoms with van der Waals surface area (Å²) in [6, 6.07) is 0. The van der Waals surface area contributed by atoms with Gasteiger partial charge in [-0.2, -0.15) is 0 Å². The minimum absolute atomic E-state index is 0.266. The summed E-state index contributed by atoms with van der Waals surface area (Å²) in [6.07, 6.45) is 0.550. The van der Waals surface area contributed by atoms with Gasteiger partial charge >= 0.3 is 5.97 Å². The molecule has 0 fully saturated rings. The lowest BCUT2D eigenvalue weighted by atomic mass is 10.3. The lowest BCUT2D eigenvalue weighted by molar-refractivity contribution is -1.36. The van der Waals surface area contributed by atoms with Gasteiger partial charge in [0.15, 0.2) is 6.54 Å². The van der Waals surface area contributed by atoms with Crippen molar-refractivity contribution >= 4 is 5.97 Å². The zero-order chi connectivity index (χ0) is 12.6. The van der Waals surface area contributed by atoms with Crippen molar-refractivity contribution < 1.29 is 29.0 Å². The zero-order valence-corrected chi connectivity index (χ0v) is 10.3. The van der Waals surface area contributed by atoms with E-state index in [1.807, 2.05) is 0 Å². The number of rotatable bonds is 8. The molecule has 0 bridgehead atoms. The van der Waals surface area contributed by atoms with Gasteiger partial charge in [-0.1, -0.05) is 6.58 Å². The van der Waals surface area contributed by atoms with Gasteiger partial charge in [-0.3, -0.25) is 0 Å². The summed E-state index contributed by atoms with van der Waals surface area (Å²) >= 11 is 0. The quantitative estimate of drug-likeness (QED) is 0.206. The van der Waals surface area contributed by atoms with Gasteiger partial charge in [0, 0.05) is 12.0 Å². The zero-order valence-electron chi connectivity index (χ0n) is 10.3. The molecule has 0 spiro atoms. The van der Waals surface area contributed by atoms with E-state index in [2.05, 4.69) is 6.58 Å². The van der Waals surface area contributed by atoms with Gasteiger partial charge in [-0.25, -0.2) is 4.79 Å². The van der Waals surface area contributed by atoms with Crippen LogP contribution in [-0.4, -0.2) is 45.4 Å². The van der Waals surface area contributed by atoms with Gasteiger partial charge in [0.2, 0.25) is 0 Å². The van der Waals surface area contributed by atoms with Crippen molar-refractivity contribution in [3.8, 4) is 0 Å². The Morgan fingerprint density at radius 2 is 1.69 bits per heavy atom. The maximum absolute atomic E-state index is 11.1. The SMILES string of the molecule is C=C(C)C(=O)OCCC[N+](OC)(OC)OC. The van der Waals surface area contributed by atoms with Crippen LogP contribution in [-0.2, 0) is 24.0 Å². The lowest BCUT2D eigenvalue weighted by Crippen LogP contribution is -2.45. The highest BCUT2D eigenvalue weighted by molar-refractivity contribution is 5.86. The Kier molecular flexibility index (Phi) is 6.91. The molecule has 0 N–H and O–H groups in total. The predicted octanol–water partition coefficient (Wildman–Crippen LogP) is 0.997. The van der Waals surface area contributed by atoms with Crippen LogP contribution >= 0.6 is 0 Å². The highest BCUT2D eigenvalue weighted by Crippen LogP contribution is 2.09. The monoisotopic (exact) mass is 234 g/mol. The summed E-state index contributed by atoms with van der Waals surface area (Å²) in [4.78, 5) is 25.7. The van der Waals surface area contributed by atoms with Crippen LogP contribution in [0.3, 0.4) is 0 Å². The fourth-order valence-corrected chi connectivity index (χ4v) is 1.04. The maximum Gasteiger partial charge on any atom is 0.333 e. The van der Waals surface area contributed by atoms with E-state index < -0.39 is 10.9 Å². The van der Waals surface area contributed by atoms with Crippen molar-refractivity contribution in [2.45, 2.75) is 13.3 Å². The van der Waals surface area contributed by atoms with E-state index in [0.29, 0.717) is 18.5 Å². The number of nitrogens with zero attached hydrogens (tertiary/aromatic N) is 1. The van der Waals surface area contributed by atoms with Gasteiger partial charge in [0.25, 0.3) is 0 Å². The van der Waals surface area contributed by atoms with Crippen molar-refractivity contribution in [1.82, 2.24) is 0 Å². The molecule has 94 valence electrons. The molecule has 0 aromatic heterocycles. The molecule has 0 aliphatic carbocycles. The molecule has 0 heterocycles. The Bertz CT molecular complexity index is 229. The van der Waals surface area contributed by atoms with E-state index in [1.165, 1.54) is 21.3 Å². The Balaban J connectivity index is 3.88. The molecule has 0 aromatic carbocycles. The summed E-state index contributed by atoms with van der Waals surface area (Å²) < 4.78 is 4.92. The van der Waals surface area contributed by atoms with Crippen LogP contribution in [0.5, 0.6) is 0 Å². The van der Waals surface area contributed by atoms with Crippen LogP contribution in [0.1, 0.15) is 13.3 Å². The topological polar surface area (TPSA) is 54.0 Å². The first-order chi connectivity index (χ1) is 7.51. The van der Waals surface area contributed by atoms with E-state index >= 15 is 0 Å². The minimum Gasteiger partial charge on any atom is -0.462 e. The molecular weight excluding hydrogens is 214 g/mol. The average Bonchev–Trinajstić information content (AvgIpc) is 2.30. The number of esters is 1. The third kappa shape index (κ3) is 4.71. The molecule has 6 heteroatoms. The standard InChI is InChI=1S/C10H20NO5/c1-9(2)10(12)16-8-6-7-11(13-3,14-4)15-5/h1,6-8H2,2-5H3/q+1. The minimum atomic E-state index is -0.398.